The maximum Gasteiger partial charge on any atom is 0.416 e. The number of likely N-dealkylation sites (tertiary alicyclic amines) is 1. The molecule has 0 aliphatic carbocycles. The van der Waals surface area contributed by atoms with Crippen molar-refractivity contribution in [2.75, 3.05) is 13.1 Å². The first-order chi connectivity index (χ1) is 12.8. The van der Waals surface area contributed by atoms with Crippen LogP contribution in [0.3, 0.4) is 0 Å². The number of hydrogen-bond acceptors (Lipinski definition) is 3. The Balaban J connectivity index is 1.59. The summed E-state index contributed by atoms with van der Waals surface area (Å²) >= 11 is 0. The zero-order valence-corrected chi connectivity index (χ0v) is 14.7. The second-order valence-corrected chi connectivity index (χ2v) is 6.64. The van der Waals surface area contributed by atoms with Crippen LogP contribution >= 0.6 is 0 Å². The number of carbonyl (C=O) groups is 2. The number of aromatic nitrogens is 2. The van der Waals surface area contributed by atoms with E-state index in [2.05, 4.69) is 5.10 Å². The molecule has 1 aliphatic rings. The van der Waals surface area contributed by atoms with Crippen LogP contribution in [0.15, 0.2) is 42.7 Å². The monoisotopic (exact) mass is 379 g/mol. The quantitative estimate of drug-likeness (QED) is 0.748. The van der Waals surface area contributed by atoms with E-state index in [9.17, 15) is 22.8 Å². The van der Waals surface area contributed by atoms with Gasteiger partial charge in [0.15, 0.2) is 5.78 Å². The van der Waals surface area contributed by atoms with Crippen molar-refractivity contribution in [3.63, 3.8) is 0 Å². The Hall–Kier alpha value is -2.64. The summed E-state index contributed by atoms with van der Waals surface area (Å²) in [6.07, 6.45) is 0.616. The number of piperidine rings is 1. The number of nitrogens with zero attached hydrogens (tertiary/aromatic N) is 3. The Morgan fingerprint density at radius 2 is 1.93 bits per heavy atom. The predicted octanol–water partition coefficient (Wildman–Crippen LogP) is 3.41. The first kappa shape index (κ1) is 19.1. The highest BCUT2D eigenvalue weighted by Crippen LogP contribution is 2.30. The van der Waals surface area contributed by atoms with Crippen LogP contribution in [-0.2, 0) is 17.5 Å². The smallest absolute Gasteiger partial charge is 0.342 e. The van der Waals surface area contributed by atoms with E-state index in [1.54, 1.807) is 28.0 Å². The summed E-state index contributed by atoms with van der Waals surface area (Å²) in [6, 6.07) is 6.05. The molecule has 2 aromatic rings. The maximum absolute atomic E-state index is 12.7. The molecule has 27 heavy (non-hydrogen) atoms. The van der Waals surface area contributed by atoms with Crippen LogP contribution in [0, 0.1) is 5.92 Å². The number of aryl methyl sites for hydroxylation is 1. The number of halogens is 3. The molecule has 1 saturated heterocycles. The predicted molar refractivity (Wildman–Crippen MR) is 91.9 cm³/mol. The van der Waals surface area contributed by atoms with Gasteiger partial charge in [-0.25, -0.2) is 0 Å². The van der Waals surface area contributed by atoms with E-state index in [0.29, 0.717) is 38.9 Å². The molecule has 1 aromatic heterocycles. The molecule has 144 valence electrons. The van der Waals surface area contributed by atoms with Crippen molar-refractivity contribution in [1.82, 2.24) is 14.7 Å². The van der Waals surface area contributed by atoms with Gasteiger partial charge in [-0.15, -0.1) is 0 Å². The topological polar surface area (TPSA) is 55.2 Å². The molecule has 1 fully saturated rings. The normalized spacial score (nSPS) is 17.7. The second-order valence-electron chi connectivity index (χ2n) is 6.64. The molecule has 0 unspecified atom stereocenters. The molecule has 0 bridgehead atoms. The summed E-state index contributed by atoms with van der Waals surface area (Å²) in [4.78, 5) is 26.7. The Labute approximate surface area is 154 Å². The van der Waals surface area contributed by atoms with Crippen molar-refractivity contribution in [3.8, 4) is 0 Å². The van der Waals surface area contributed by atoms with E-state index in [-0.39, 0.29) is 23.2 Å². The van der Waals surface area contributed by atoms with Crippen LogP contribution in [0.25, 0.3) is 0 Å². The van der Waals surface area contributed by atoms with E-state index in [1.165, 1.54) is 12.1 Å². The first-order valence-electron chi connectivity index (χ1n) is 8.81. The van der Waals surface area contributed by atoms with Crippen LogP contribution < -0.4 is 0 Å². The molecule has 0 radical (unpaired) electrons. The molecule has 3 rings (SSSR count). The van der Waals surface area contributed by atoms with E-state index >= 15 is 0 Å². The lowest BCUT2D eigenvalue weighted by Crippen LogP contribution is -2.42. The third-order valence-corrected chi connectivity index (χ3v) is 4.76. The average Bonchev–Trinajstić information content (AvgIpc) is 3.18. The molecule has 5 nitrogen and oxygen atoms in total. The van der Waals surface area contributed by atoms with Crippen molar-refractivity contribution in [1.29, 1.82) is 0 Å². The molecule has 1 atom stereocenters. The summed E-state index contributed by atoms with van der Waals surface area (Å²) in [5.41, 5.74) is -0.531. The van der Waals surface area contributed by atoms with E-state index < -0.39 is 11.7 Å². The minimum absolute atomic E-state index is 0.0459. The summed E-state index contributed by atoms with van der Waals surface area (Å²) < 4.78 is 39.6. The standard InChI is InChI=1S/C19H20F3N3O2/c20-19(21,22)16-6-4-14(5-7-16)18(27)15-3-1-10-24(13-15)17(26)8-12-25-11-2-9-23-25/h2,4-7,9,11,15H,1,3,8,10,12-13H2/t15-/m1/s1. The number of benzene rings is 1. The molecule has 8 heteroatoms. The zero-order valence-electron chi connectivity index (χ0n) is 14.7. The van der Waals surface area contributed by atoms with Crippen molar-refractivity contribution < 1.29 is 22.8 Å². The Kier molecular flexibility index (Phi) is 5.62. The number of alkyl halides is 3. The molecule has 1 aromatic carbocycles. The van der Waals surface area contributed by atoms with Gasteiger partial charge in [0, 0.05) is 49.9 Å². The lowest BCUT2D eigenvalue weighted by molar-refractivity contribution is -0.137. The van der Waals surface area contributed by atoms with Crippen LogP contribution in [-0.4, -0.2) is 39.5 Å². The third-order valence-electron chi connectivity index (χ3n) is 4.76. The Bertz CT molecular complexity index is 786. The van der Waals surface area contributed by atoms with Gasteiger partial charge < -0.3 is 4.90 Å². The fourth-order valence-corrected chi connectivity index (χ4v) is 3.28. The van der Waals surface area contributed by atoms with Gasteiger partial charge in [-0.05, 0) is 31.0 Å². The van der Waals surface area contributed by atoms with Gasteiger partial charge in [-0.2, -0.15) is 18.3 Å². The molecule has 0 spiro atoms. The number of amides is 1. The van der Waals surface area contributed by atoms with Gasteiger partial charge in [0.25, 0.3) is 0 Å². The maximum atomic E-state index is 12.7. The zero-order chi connectivity index (χ0) is 19.4. The van der Waals surface area contributed by atoms with Gasteiger partial charge >= 0.3 is 6.18 Å². The lowest BCUT2D eigenvalue weighted by atomic mass is 9.89. The molecule has 1 aliphatic heterocycles. The van der Waals surface area contributed by atoms with Crippen molar-refractivity contribution in [3.05, 3.63) is 53.9 Å². The number of rotatable bonds is 5. The highest BCUT2D eigenvalue weighted by molar-refractivity contribution is 5.98. The van der Waals surface area contributed by atoms with Gasteiger partial charge in [0.05, 0.1) is 5.56 Å². The van der Waals surface area contributed by atoms with Gasteiger partial charge in [-0.3, -0.25) is 14.3 Å². The fourth-order valence-electron chi connectivity index (χ4n) is 3.28. The SMILES string of the molecule is O=C(c1ccc(C(F)(F)F)cc1)[C@@H]1CCCN(C(=O)CCn2cccn2)C1. The summed E-state index contributed by atoms with van der Waals surface area (Å²) in [5.74, 6) is -0.645. The van der Waals surface area contributed by atoms with Crippen molar-refractivity contribution >= 4 is 11.7 Å². The Morgan fingerprint density at radius 1 is 1.19 bits per heavy atom. The highest BCUT2D eigenvalue weighted by Gasteiger charge is 2.32. The summed E-state index contributed by atoms with van der Waals surface area (Å²) in [6.45, 7) is 1.37. The number of ketones is 1. The third kappa shape index (κ3) is 4.75. The number of hydrogen-bond donors (Lipinski definition) is 0. The largest absolute Gasteiger partial charge is 0.416 e. The molecular formula is C19H20F3N3O2. The molecule has 0 N–H and O–H groups in total. The van der Waals surface area contributed by atoms with E-state index in [0.717, 1.165) is 12.1 Å². The summed E-state index contributed by atoms with van der Waals surface area (Å²) in [5, 5.41) is 4.05. The number of carbonyl (C=O) groups excluding carboxylic acids is 2. The first-order valence-corrected chi connectivity index (χ1v) is 8.81. The Morgan fingerprint density at radius 3 is 2.56 bits per heavy atom. The highest BCUT2D eigenvalue weighted by atomic mass is 19.4. The minimum atomic E-state index is -4.43. The van der Waals surface area contributed by atoms with Crippen LogP contribution in [0.5, 0.6) is 0 Å². The number of Topliss-reactive ketones (excluding diaryl/α,β-unsaturated/α-hetero) is 1. The van der Waals surface area contributed by atoms with Gasteiger partial charge in [-0.1, -0.05) is 12.1 Å². The molecule has 0 saturated carbocycles. The minimum Gasteiger partial charge on any atom is -0.342 e. The van der Waals surface area contributed by atoms with Crippen LogP contribution in [0.1, 0.15) is 35.2 Å². The van der Waals surface area contributed by atoms with E-state index in [1.807, 2.05) is 0 Å². The van der Waals surface area contributed by atoms with Crippen LogP contribution in [0.4, 0.5) is 13.2 Å². The summed E-state index contributed by atoms with van der Waals surface area (Å²) in [7, 11) is 0. The molecule has 1 amide bonds. The van der Waals surface area contributed by atoms with Gasteiger partial charge in [0.2, 0.25) is 5.91 Å². The van der Waals surface area contributed by atoms with Crippen LogP contribution in [0.2, 0.25) is 0 Å². The molecule has 2 heterocycles. The van der Waals surface area contributed by atoms with Gasteiger partial charge in [0.1, 0.15) is 0 Å². The molecular weight excluding hydrogens is 359 g/mol. The van der Waals surface area contributed by atoms with E-state index in [4.69, 9.17) is 0 Å². The second kappa shape index (κ2) is 7.94. The average molecular weight is 379 g/mol. The fraction of sp³-hybridized carbons (Fsp3) is 0.421. The van der Waals surface area contributed by atoms with Crippen molar-refractivity contribution in [2.45, 2.75) is 32.0 Å². The lowest BCUT2D eigenvalue weighted by Gasteiger charge is -2.32. The van der Waals surface area contributed by atoms with Crippen molar-refractivity contribution in [2.24, 2.45) is 5.92 Å².